The highest BCUT2D eigenvalue weighted by molar-refractivity contribution is 7.16. The summed E-state index contributed by atoms with van der Waals surface area (Å²) in [5.74, 6) is 0.926. The van der Waals surface area contributed by atoms with E-state index in [4.69, 9.17) is 0 Å². The number of hydrazine groups is 1. The van der Waals surface area contributed by atoms with Crippen molar-refractivity contribution < 1.29 is 4.39 Å². The van der Waals surface area contributed by atoms with Crippen molar-refractivity contribution in [3.05, 3.63) is 35.1 Å². The lowest BCUT2D eigenvalue weighted by Gasteiger charge is -2.10. The van der Waals surface area contributed by atoms with Crippen LogP contribution in [0.15, 0.2) is 24.3 Å². The molecule has 2 unspecified atom stereocenters. The quantitative estimate of drug-likeness (QED) is 0.760. The second-order valence-electron chi connectivity index (χ2n) is 6.57. The molecular weight excluding hydrogens is 327 g/mol. The van der Waals surface area contributed by atoms with Crippen LogP contribution in [0.2, 0.25) is 0 Å². The fraction of sp³-hybridized carbons (Fsp3) is 0.438. The normalized spacial score (nSPS) is 21.2. The van der Waals surface area contributed by atoms with Gasteiger partial charge in [0.15, 0.2) is 5.82 Å². The van der Waals surface area contributed by atoms with Gasteiger partial charge in [-0.1, -0.05) is 37.3 Å². The standard InChI is InChI=1S/C16H19FN6S/c1-9(2)6-12-8-13(19-18-12)15-22-23-14(20-21-16(23)24-15)10-4-3-5-11(17)7-10/h3-5,7,9,12-13,18-19H,6,8H2,1-2H3. The fourth-order valence-corrected chi connectivity index (χ4v) is 3.99. The molecule has 1 saturated heterocycles. The third-order valence-electron chi connectivity index (χ3n) is 4.13. The van der Waals surface area contributed by atoms with E-state index in [1.165, 1.54) is 23.5 Å². The van der Waals surface area contributed by atoms with Crippen LogP contribution in [-0.2, 0) is 0 Å². The van der Waals surface area contributed by atoms with Crippen LogP contribution in [0.1, 0.15) is 37.7 Å². The number of hydrogen-bond acceptors (Lipinski definition) is 6. The zero-order valence-electron chi connectivity index (χ0n) is 13.5. The molecule has 4 rings (SSSR count). The Hall–Kier alpha value is -1.90. The maximum absolute atomic E-state index is 13.5. The number of hydrogen-bond donors (Lipinski definition) is 2. The van der Waals surface area contributed by atoms with Gasteiger partial charge in [0.05, 0.1) is 6.04 Å². The molecule has 2 aromatic heterocycles. The smallest absolute Gasteiger partial charge is 0.235 e. The lowest BCUT2D eigenvalue weighted by molar-refractivity contribution is 0.446. The van der Waals surface area contributed by atoms with Crippen LogP contribution in [0, 0.1) is 11.7 Å². The molecule has 1 aliphatic rings. The van der Waals surface area contributed by atoms with Gasteiger partial charge < -0.3 is 0 Å². The van der Waals surface area contributed by atoms with Crippen molar-refractivity contribution in [3.63, 3.8) is 0 Å². The average Bonchev–Trinajstić information content (AvgIpc) is 3.20. The lowest BCUT2D eigenvalue weighted by Crippen LogP contribution is -2.31. The van der Waals surface area contributed by atoms with E-state index in [1.54, 1.807) is 10.6 Å². The molecular formula is C16H19FN6S. The molecule has 8 heteroatoms. The first-order chi connectivity index (χ1) is 11.6. The van der Waals surface area contributed by atoms with E-state index in [2.05, 4.69) is 40.0 Å². The molecule has 0 aliphatic carbocycles. The number of nitrogens with one attached hydrogen (secondary N) is 2. The van der Waals surface area contributed by atoms with Gasteiger partial charge in [-0.25, -0.2) is 9.82 Å². The van der Waals surface area contributed by atoms with Gasteiger partial charge in [0.1, 0.15) is 10.8 Å². The fourth-order valence-electron chi connectivity index (χ4n) is 3.09. The third kappa shape index (κ3) is 2.92. The Balaban J connectivity index is 1.61. The molecule has 2 N–H and O–H groups in total. The van der Waals surface area contributed by atoms with Crippen LogP contribution in [0.3, 0.4) is 0 Å². The van der Waals surface area contributed by atoms with E-state index in [-0.39, 0.29) is 11.9 Å². The molecule has 1 fully saturated rings. The summed E-state index contributed by atoms with van der Waals surface area (Å²) in [6.45, 7) is 4.45. The summed E-state index contributed by atoms with van der Waals surface area (Å²) in [7, 11) is 0. The zero-order chi connectivity index (χ0) is 16.7. The maximum atomic E-state index is 13.5. The summed E-state index contributed by atoms with van der Waals surface area (Å²) in [5.41, 5.74) is 7.35. The molecule has 24 heavy (non-hydrogen) atoms. The summed E-state index contributed by atoms with van der Waals surface area (Å²) in [5, 5.41) is 14.0. The Morgan fingerprint density at radius 3 is 3.00 bits per heavy atom. The van der Waals surface area contributed by atoms with E-state index in [0.717, 1.165) is 22.8 Å². The number of aromatic nitrogens is 4. The molecule has 1 aromatic carbocycles. The number of rotatable bonds is 4. The van der Waals surface area contributed by atoms with Gasteiger partial charge >= 0.3 is 0 Å². The Morgan fingerprint density at radius 1 is 1.33 bits per heavy atom. The van der Waals surface area contributed by atoms with Crippen molar-refractivity contribution in [2.24, 2.45) is 5.92 Å². The van der Waals surface area contributed by atoms with E-state index in [0.29, 0.717) is 23.3 Å². The van der Waals surface area contributed by atoms with Crippen LogP contribution < -0.4 is 10.9 Å². The summed E-state index contributed by atoms with van der Waals surface area (Å²) in [6.07, 6.45) is 2.12. The molecule has 2 atom stereocenters. The molecule has 126 valence electrons. The molecule has 3 aromatic rings. The number of fused-ring (bicyclic) bond motifs is 1. The molecule has 0 saturated carbocycles. The van der Waals surface area contributed by atoms with Gasteiger partial charge in [-0.2, -0.15) is 9.61 Å². The van der Waals surface area contributed by atoms with E-state index >= 15 is 0 Å². The zero-order valence-corrected chi connectivity index (χ0v) is 14.3. The first-order valence-corrected chi connectivity index (χ1v) is 8.91. The highest BCUT2D eigenvalue weighted by Crippen LogP contribution is 2.30. The van der Waals surface area contributed by atoms with Crippen molar-refractivity contribution in [3.8, 4) is 11.4 Å². The minimum absolute atomic E-state index is 0.167. The Kier molecular flexibility index (Phi) is 4.03. The number of halogens is 1. The number of nitrogens with zero attached hydrogens (tertiary/aromatic N) is 4. The van der Waals surface area contributed by atoms with E-state index < -0.39 is 0 Å². The monoisotopic (exact) mass is 346 g/mol. The van der Waals surface area contributed by atoms with Crippen molar-refractivity contribution >= 4 is 16.3 Å². The van der Waals surface area contributed by atoms with Gasteiger partial charge in [0.25, 0.3) is 0 Å². The molecule has 6 nitrogen and oxygen atoms in total. The van der Waals surface area contributed by atoms with Crippen molar-refractivity contribution in [2.45, 2.75) is 38.8 Å². The van der Waals surface area contributed by atoms with Gasteiger partial charge in [-0.3, -0.25) is 5.43 Å². The van der Waals surface area contributed by atoms with E-state index in [9.17, 15) is 4.39 Å². The third-order valence-corrected chi connectivity index (χ3v) is 5.14. The number of benzene rings is 1. The Labute approximate surface area is 143 Å². The maximum Gasteiger partial charge on any atom is 0.235 e. The van der Waals surface area contributed by atoms with Gasteiger partial charge in [0, 0.05) is 11.6 Å². The topological polar surface area (TPSA) is 67.1 Å². The van der Waals surface area contributed by atoms with Gasteiger partial charge in [-0.05, 0) is 30.9 Å². The van der Waals surface area contributed by atoms with Crippen LogP contribution in [0.4, 0.5) is 4.39 Å². The average molecular weight is 346 g/mol. The summed E-state index contributed by atoms with van der Waals surface area (Å²) in [6, 6.07) is 6.96. The van der Waals surface area contributed by atoms with Crippen molar-refractivity contribution in [1.29, 1.82) is 0 Å². The predicted octanol–water partition coefficient (Wildman–Crippen LogP) is 2.95. The predicted molar refractivity (Wildman–Crippen MR) is 90.9 cm³/mol. The van der Waals surface area contributed by atoms with Crippen molar-refractivity contribution in [2.75, 3.05) is 0 Å². The van der Waals surface area contributed by atoms with Crippen molar-refractivity contribution in [1.82, 2.24) is 30.7 Å². The summed E-state index contributed by atoms with van der Waals surface area (Å²) >= 11 is 1.52. The van der Waals surface area contributed by atoms with Gasteiger partial charge in [0.2, 0.25) is 4.96 Å². The molecule has 0 bridgehead atoms. The first kappa shape index (κ1) is 15.6. The van der Waals surface area contributed by atoms with Crippen LogP contribution in [0.5, 0.6) is 0 Å². The second-order valence-corrected chi connectivity index (χ2v) is 7.56. The highest BCUT2D eigenvalue weighted by Gasteiger charge is 2.29. The van der Waals surface area contributed by atoms with Crippen LogP contribution in [-0.4, -0.2) is 25.9 Å². The van der Waals surface area contributed by atoms with Gasteiger partial charge in [-0.15, -0.1) is 10.2 Å². The van der Waals surface area contributed by atoms with Crippen LogP contribution >= 0.6 is 11.3 Å². The SMILES string of the molecule is CC(C)CC1CC(c2nn3c(-c4cccc(F)c4)nnc3s2)NN1. The molecule has 1 aliphatic heterocycles. The summed E-state index contributed by atoms with van der Waals surface area (Å²) in [4.78, 5) is 0.721. The molecule has 0 radical (unpaired) electrons. The summed E-state index contributed by atoms with van der Waals surface area (Å²) < 4.78 is 15.2. The Bertz CT molecular complexity index is 857. The highest BCUT2D eigenvalue weighted by atomic mass is 32.1. The lowest BCUT2D eigenvalue weighted by atomic mass is 10.0. The molecule has 0 spiro atoms. The Morgan fingerprint density at radius 2 is 2.21 bits per heavy atom. The molecule has 3 heterocycles. The second kappa shape index (κ2) is 6.19. The largest absolute Gasteiger partial charge is 0.254 e. The minimum atomic E-state index is -0.294. The van der Waals surface area contributed by atoms with Crippen LogP contribution in [0.25, 0.3) is 16.3 Å². The first-order valence-electron chi connectivity index (χ1n) is 8.09. The molecule has 0 amide bonds. The van der Waals surface area contributed by atoms with E-state index in [1.807, 2.05) is 6.07 Å². The minimum Gasteiger partial charge on any atom is -0.254 e.